The molecular formula is C43H52N2O12. The van der Waals surface area contributed by atoms with Crippen LogP contribution in [-0.2, 0) is 33.8 Å². The number of amides is 1. The fourth-order valence-corrected chi connectivity index (χ4v) is 7.94. The van der Waals surface area contributed by atoms with Gasteiger partial charge in [0.15, 0.2) is 23.0 Å². The number of nitrogens with zero attached hydrogens (tertiary/aromatic N) is 1. The van der Waals surface area contributed by atoms with E-state index in [2.05, 4.69) is 10.2 Å². The zero-order valence-electron chi connectivity index (χ0n) is 33.5. The van der Waals surface area contributed by atoms with Crippen LogP contribution in [0.2, 0.25) is 0 Å². The van der Waals surface area contributed by atoms with Crippen LogP contribution in [0.1, 0.15) is 102 Å². The summed E-state index contributed by atoms with van der Waals surface area (Å²) in [6, 6.07) is 4.66. The van der Waals surface area contributed by atoms with Gasteiger partial charge in [0.25, 0.3) is 0 Å². The molecule has 0 aromatic heterocycles. The monoisotopic (exact) mass is 788 g/mol. The van der Waals surface area contributed by atoms with Gasteiger partial charge in [-0.25, -0.2) is 4.79 Å². The van der Waals surface area contributed by atoms with Crippen molar-refractivity contribution in [2.75, 3.05) is 48.8 Å². The molecule has 3 aromatic carbocycles. The van der Waals surface area contributed by atoms with Crippen molar-refractivity contribution in [3.05, 3.63) is 63.2 Å². The molecule has 14 heteroatoms. The molecule has 0 spiro atoms. The summed E-state index contributed by atoms with van der Waals surface area (Å²) in [6.07, 6.45) is 6.28. The molecule has 3 aliphatic heterocycles. The number of hydrogen-bond donors (Lipinski definition) is 3. The lowest BCUT2D eigenvalue weighted by Gasteiger charge is -2.29. The Morgan fingerprint density at radius 2 is 1.63 bits per heavy atom. The van der Waals surface area contributed by atoms with Gasteiger partial charge in [0.2, 0.25) is 24.2 Å². The molecule has 6 rings (SSSR count). The molecule has 1 unspecified atom stereocenters. The molecule has 3 heterocycles. The Balaban J connectivity index is 1.42. The zero-order valence-corrected chi connectivity index (χ0v) is 33.5. The van der Waals surface area contributed by atoms with Crippen LogP contribution in [0.4, 0.5) is 0 Å². The van der Waals surface area contributed by atoms with E-state index in [1.807, 2.05) is 7.05 Å². The quantitative estimate of drug-likeness (QED) is 0.200. The largest absolute Gasteiger partial charge is 0.507 e. The van der Waals surface area contributed by atoms with Gasteiger partial charge in [-0.05, 0) is 81.0 Å². The number of fused-ring (bicyclic) bond motifs is 3. The number of benzene rings is 3. The number of esters is 1. The number of carbonyl (C=O) groups is 3. The van der Waals surface area contributed by atoms with E-state index >= 15 is 0 Å². The molecule has 3 aromatic rings. The van der Waals surface area contributed by atoms with Gasteiger partial charge in [-0.3, -0.25) is 9.59 Å². The highest BCUT2D eigenvalue weighted by Gasteiger charge is 2.35. The van der Waals surface area contributed by atoms with Crippen molar-refractivity contribution < 1.29 is 57.8 Å². The van der Waals surface area contributed by atoms with E-state index in [0.717, 1.165) is 23.2 Å². The number of phenols is 2. The SMILES string of the molecule is COc1cc(C(CC(=O)NCc2c3c(c(OC)c4c2OCO4)CN(C)CC3)c2c(O)cc3c(c2O)C(=O)O[C@@H](C)CCCC(=O)CCC/C=C/3)cc(OC)c1OC. The minimum absolute atomic E-state index is 0.0154. The summed E-state index contributed by atoms with van der Waals surface area (Å²) in [5.41, 5.74) is 3.21. The molecule has 0 saturated carbocycles. The molecule has 0 saturated heterocycles. The second-order valence-electron chi connectivity index (χ2n) is 14.6. The Bertz CT molecular complexity index is 2020. The number of aromatic hydroxyl groups is 2. The third-order valence-electron chi connectivity index (χ3n) is 10.8. The molecule has 14 nitrogen and oxygen atoms in total. The number of likely N-dealkylation sites (N-methyl/N-ethyl adjacent to an activating group) is 1. The number of rotatable bonds is 10. The van der Waals surface area contributed by atoms with Crippen molar-refractivity contribution in [2.24, 2.45) is 0 Å². The predicted octanol–water partition coefficient (Wildman–Crippen LogP) is 6.17. The Morgan fingerprint density at radius 3 is 2.33 bits per heavy atom. The first-order valence-electron chi connectivity index (χ1n) is 19.2. The van der Waals surface area contributed by atoms with Gasteiger partial charge >= 0.3 is 5.97 Å². The summed E-state index contributed by atoms with van der Waals surface area (Å²) < 4.78 is 40.2. The molecule has 0 aliphatic carbocycles. The van der Waals surface area contributed by atoms with E-state index in [0.29, 0.717) is 80.1 Å². The second kappa shape index (κ2) is 18.1. The Labute approximate surface area is 332 Å². The van der Waals surface area contributed by atoms with Crippen molar-refractivity contribution >= 4 is 23.7 Å². The van der Waals surface area contributed by atoms with Gasteiger partial charge in [-0.2, -0.15) is 0 Å². The van der Waals surface area contributed by atoms with Gasteiger partial charge in [-0.15, -0.1) is 0 Å². The van der Waals surface area contributed by atoms with Crippen molar-refractivity contribution in [3.63, 3.8) is 0 Å². The van der Waals surface area contributed by atoms with Crippen molar-refractivity contribution in [1.29, 1.82) is 0 Å². The van der Waals surface area contributed by atoms with E-state index in [4.69, 9.17) is 33.2 Å². The molecule has 0 fully saturated rings. The third kappa shape index (κ3) is 8.70. The Morgan fingerprint density at radius 1 is 0.930 bits per heavy atom. The number of ketones is 1. The van der Waals surface area contributed by atoms with Crippen LogP contribution in [0.25, 0.3) is 6.08 Å². The Hall–Kier alpha value is -5.63. The van der Waals surface area contributed by atoms with E-state index in [-0.39, 0.29) is 59.5 Å². The number of phenolic OH excluding ortho intramolecular Hbond substituents is 2. The number of allylic oxidation sites excluding steroid dienone is 1. The minimum atomic E-state index is -1.04. The molecule has 306 valence electrons. The first-order chi connectivity index (χ1) is 27.5. The molecule has 3 aliphatic rings. The van der Waals surface area contributed by atoms with Crippen LogP contribution in [-0.4, -0.2) is 87.7 Å². The summed E-state index contributed by atoms with van der Waals surface area (Å²) in [4.78, 5) is 42.6. The van der Waals surface area contributed by atoms with Crippen LogP contribution in [0.5, 0.6) is 46.0 Å². The number of nitrogens with one attached hydrogen (secondary N) is 1. The van der Waals surface area contributed by atoms with Gasteiger partial charge < -0.3 is 53.6 Å². The molecule has 3 N–H and O–H groups in total. The average Bonchev–Trinajstić information content (AvgIpc) is 3.67. The number of hydrogen-bond acceptors (Lipinski definition) is 13. The summed E-state index contributed by atoms with van der Waals surface area (Å²) in [5.74, 6) is -0.489. The number of Topliss-reactive ketones (excluding diaryl/α,β-unsaturated/α-hetero) is 1. The normalized spacial score (nSPS) is 18.3. The number of cyclic esters (lactones) is 1. The lowest BCUT2D eigenvalue weighted by atomic mass is 9.84. The number of carbonyl (C=O) groups excluding carboxylic acids is 3. The van der Waals surface area contributed by atoms with Crippen LogP contribution < -0.4 is 33.7 Å². The van der Waals surface area contributed by atoms with E-state index in [9.17, 15) is 24.6 Å². The average molecular weight is 789 g/mol. The van der Waals surface area contributed by atoms with Crippen molar-refractivity contribution in [3.8, 4) is 46.0 Å². The molecule has 0 radical (unpaired) electrons. The minimum Gasteiger partial charge on any atom is -0.507 e. The van der Waals surface area contributed by atoms with Crippen molar-refractivity contribution in [2.45, 2.75) is 83.4 Å². The van der Waals surface area contributed by atoms with Crippen LogP contribution in [0.3, 0.4) is 0 Å². The highest BCUT2D eigenvalue weighted by atomic mass is 16.7. The summed E-state index contributed by atoms with van der Waals surface area (Å²) in [6.45, 7) is 3.28. The van der Waals surface area contributed by atoms with Gasteiger partial charge in [-0.1, -0.05) is 12.2 Å². The highest BCUT2D eigenvalue weighted by molar-refractivity contribution is 5.98. The molecular weight excluding hydrogens is 736 g/mol. The Kier molecular flexibility index (Phi) is 13.0. The van der Waals surface area contributed by atoms with Crippen LogP contribution in [0, 0.1) is 0 Å². The molecule has 1 amide bonds. The number of methoxy groups -OCH3 is 4. The standard InChI is InChI=1S/C43H52N2O12/c1-24-11-10-14-27(46)13-9-7-8-12-25-17-32(47)37(38(49)36(25)43(50)57-24)29(26-18-33(51-3)41(54-6)34(19-26)52-4)20-35(48)44-21-30-28-15-16-45(2)22-31(28)39(53-5)42-40(30)55-23-56-42/h8,12,17-19,24,29,47,49H,7,9-11,13-16,20-23H2,1-6H3,(H,44,48)/b12-8+/t24-,29?/m0/s1. The van der Waals surface area contributed by atoms with Crippen LogP contribution >= 0.6 is 0 Å². The van der Waals surface area contributed by atoms with E-state index in [1.54, 1.807) is 38.3 Å². The maximum absolute atomic E-state index is 14.2. The lowest BCUT2D eigenvalue weighted by Crippen LogP contribution is -2.30. The van der Waals surface area contributed by atoms with E-state index in [1.165, 1.54) is 27.4 Å². The fourth-order valence-electron chi connectivity index (χ4n) is 7.94. The second-order valence-corrected chi connectivity index (χ2v) is 14.6. The van der Waals surface area contributed by atoms with Crippen molar-refractivity contribution in [1.82, 2.24) is 10.2 Å². The smallest absolute Gasteiger partial charge is 0.342 e. The van der Waals surface area contributed by atoms with Gasteiger partial charge in [0.1, 0.15) is 22.8 Å². The maximum Gasteiger partial charge on any atom is 0.342 e. The summed E-state index contributed by atoms with van der Waals surface area (Å²) in [5, 5.41) is 26.9. The molecule has 57 heavy (non-hydrogen) atoms. The summed E-state index contributed by atoms with van der Waals surface area (Å²) >= 11 is 0. The van der Waals surface area contributed by atoms with Crippen LogP contribution in [0.15, 0.2) is 24.3 Å². The number of ether oxygens (including phenoxy) is 7. The molecule has 2 atom stereocenters. The van der Waals surface area contributed by atoms with E-state index < -0.39 is 29.6 Å². The lowest BCUT2D eigenvalue weighted by molar-refractivity contribution is -0.121. The van der Waals surface area contributed by atoms with Gasteiger partial charge in [0, 0.05) is 61.5 Å². The third-order valence-corrected chi connectivity index (χ3v) is 10.8. The predicted molar refractivity (Wildman–Crippen MR) is 210 cm³/mol. The first-order valence-corrected chi connectivity index (χ1v) is 19.2. The maximum atomic E-state index is 14.2. The highest BCUT2D eigenvalue weighted by Crippen LogP contribution is 2.50. The topological polar surface area (TPSA) is 172 Å². The first kappa shape index (κ1) is 41.0. The molecule has 0 bridgehead atoms. The fraction of sp³-hybridized carbons (Fsp3) is 0.465. The zero-order chi connectivity index (χ0) is 40.8. The summed E-state index contributed by atoms with van der Waals surface area (Å²) in [7, 11) is 8.01. The van der Waals surface area contributed by atoms with Gasteiger partial charge in [0.05, 0.1) is 34.5 Å².